The van der Waals surface area contributed by atoms with E-state index < -0.39 is 0 Å². The van der Waals surface area contributed by atoms with E-state index in [0.29, 0.717) is 6.54 Å². The molecule has 21 heavy (non-hydrogen) atoms. The van der Waals surface area contributed by atoms with E-state index in [-0.39, 0.29) is 5.82 Å². The fourth-order valence-electron chi connectivity index (χ4n) is 2.77. The highest BCUT2D eigenvalue weighted by Gasteiger charge is 2.17. The quantitative estimate of drug-likeness (QED) is 0.916. The first-order valence-electron chi connectivity index (χ1n) is 7.37. The summed E-state index contributed by atoms with van der Waals surface area (Å²) in [6.45, 7) is 5.36. The van der Waals surface area contributed by atoms with Gasteiger partial charge in [0.2, 0.25) is 0 Å². The molecule has 0 spiro atoms. The Balaban J connectivity index is 1.70. The molecule has 0 radical (unpaired) electrons. The second kappa shape index (κ2) is 6.54. The van der Waals surface area contributed by atoms with Crippen molar-refractivity contribution in [3.8, 4) is 0 Å². The number of anilines is 1. The van der Waals surface area contributed by atoms with Gasteiger partial charge in [0.05, 0.1) is 11.2 Å². The molecule has 0 unspecified atom stereocenters. The molecule has 1 aliphatic rings. The average Bonchev–Trinajstić information content (AvgIpc) is 3.13. The lowest BCUT2D eigenvalue weighted by Crippen LogP contribution is -2.22. The number of nitrogens with zero attached hydrogens (tertiary/aromatic N) is 2. The van der Waals surface area contributed by atoms with E-state index in [0.717, 1.165) is 36.6 Å². The van der Waals surface area contributed by atoms with Gasteiger partial charge in [-0.1, -0.05) is 6.07 Å². The number of thiazole rings is 1. The topological polar surface area (TPSA) is 28.2 Å². The molecule has 1 aromatic carbocycles. The van der Waals surface area contributed by atoms with Crippen molar-refractivity contribution < 1.29 is 4.39 Å². The van der Waals surface area contributed by atoms with Crippen molar-refractivity contribution in [2.45, 2.75) is 32.9 Å². The molecule has 0 saturated carbocycles. The second-order valence-electron chi connectivity index (χ2n) is 5.40. The normalized spacial score (nSPS) is 14.9. The third-order valence-electron chi connectivity index (χ3n) is 3.97. The summed E-state index contributed by atoms with van der Waals surface area (Å²) in [6.07, 6.45) is 2.40. The summed E-state index contributed by atoms with van der Waals surface area (Å²) in [5.74, 6) is -0.118. The number of hydrogen-bond acceptors (Lipinski definition) is 4. The molecule has 1 N–H and O–H groups in total. The van der Waals surface area contributed by atoms with E-state index in [1.54, 1.807) is 23.5 Å². The van der Waals surface area contributed by atoms with Crippen LogP contribution in [0, 0.1) is 12.7 Å². The zero-order valence-electron chi connectivity index (χ0n) is 12.2. The van der Waals surface area contributed by atoms with Crippen LogP contribution in [0.3, 0.4) is 0 Å². The lowest BCUT2D eigenvalue weighted by Gasteiger charge is -2.22. The van der Waals surface area contributed by atoms with Gasteiger partial charge in [-0.3, -0.25) is 0 Å². The number of nitrogens with one attached hydrogen (secondary N) is 1. The monoisotopic (exact) mass is 305 g/mol. The SMILES string of the molecule is Cc1ncsc1CNCc1c(F)cccc1N1CCCC1. The highest BCUT2D eigenvalue weighted by atomic mass is 32.1. The molecule has 1 aliphatic heterocycles. The first kappa shape index (κ1) is 14.5. The molecule has 5 heteroatoms. The van der Waals surface area contributed by atoms with Crippen molar-refractivity contribution in [1.29, 1.82) is 0 Å². The van der Waals surface area contributed by atoms with Crippen LogP contribution in [0.2, 0.25) is 0 Å². The Labute approximate surface area is 128 Å². The van der Waals surface area contributed by atoms with Crippen LogP contribution in [0.25, 0.3) is 0 Å². The van der Waals surface area contributed by atoms with E-state index in [9.17, 15) is 4.39 Å². The number of rotatable bonds is 5. The summed E-state index contributed by atoms with van der Waals surface area (Å²) in [5, 5.41) is 3.35. The summed E-state index contributed by atoms with van der Waals surface area (Å²) in [5.41, 5.74) is 4.73. The predicted molar refractivity (Wildman–Crippen MR) is 85.2 cm³/mol. The van der Waals surface area contributed by atoms with Crippen molar-refractivity contribution in [2.24, 2.45) is 0 Å². The highest BCUT2D eigenvalue weighted by molar-refractivity contribution is 7.09. The standard InChI is InChI=1S/C16H20FN3S/c1-12-16(21-11-19-12)10-18-9-13-14(17)5-4-6-15(13)20-7-2-3-8-20/h4-6,11,18H,2-3,7-10H2,1H3. The van der Waals surface area contributed by atoms with Crippen LogP contribution in [-0.4, -0.2) is 18.1 Å². The average molecular weight is 305 g/mol. The van der Waals surface area contributed by atoms with Crippen LogP contribution in [0.4, 0.5) is 10.1 Å². The molecule has 1 saturated heterocycles. The Morgan fingerprint density at radius 1 is 1.29 bits per heavy atom. The van der Waals surface area contributed by atoms with Crippen LogP contribution >= 0.6 is 11.3 Å². The highest BCUT2D eigenvalue weighted by Crippen LogP contribution is 2.26. The molecule has 0 amide bonds. The zero-order chi connectivity index (χ0) is 14.7. The molecular weight excluding hydrogens is 285 g/mol. The third kappa shape index (κ3) is 3.24. The largest absolute Gasteiger partial charge is 0.371 e. The molecule has 0 bridgehead atoms. The second-order valence-corrected chi connectivity index (χ2v) is 6.34. The Kier molecular flexibility index (Phi) is 4.51. The molecule has 1 aromatic heterocycles. The number of aryl methyl sites for hydroxylation is 1. The minimum atomic E-state index is -0.118. The zero-order valence-corrected chi connectivity index (χ0v) is 13.0. The molecule has 112 valence electrons. The van der Waals surface area contributed by atoms with Gasteiger partial charge in [-0.05, 0) is 31.9 Å². The van der Waals surface area contributed by atoms with Gasteiger partial charge in [0, 0.05) is 42.3 Å². The Bertz CT molecular complexity index is 605. The molecular formula is C16H20FN3S. The lowest BCUT2D eigenvalue weighted by molar-refractivity contribution is 0.587. The summed E-state index contributed by atoms with van der Waals surface area (Å²) >= 11 is 1.64. The van der Waals surface area contributed by atoms with Crippen LogP contribution in [0.1, 0.15) is 29.0 Å². The van der Waals surface area contributed by atoms with Crippen LogP contribution in [-0.2, 0) is 13.1 Å². The van der Waals surface area contributed by atoms with Gasteiger partial charge in [0.15, 0.2) is 0 Å². The molecule has 3 nitrogen and oxygen atoms in total. The van der Waals surface area contributed by atoms with Gasteiger partial charge in [-0.2, -0.15) is 0 Å². The van der Waals surface area contributed by atoms with Gasteiger partial charge < -0.3 is 10.2 Å². The summed E-state index contributed by atoms with van der Waals surface area (Å²) in [4.78, 5) is 7.74. The molecule has 0 aliphatic carbocycles. The molecule has 0 atom stereocenters. The predicted octanol–water partition coefficient (Wildman–Crippen LogP) is 3.48. The molecule has 2 heterocycles. The van der Waals surface area contributed by atoms with Crippen molar-refractivity contribution >= 4 is 17.0 Å². The van der Waals surface area contributed by atoms with E-state index in [1.807, 2.05) is 18.5 Å². The van der Waals surface area contributed by atoms with Gasteiger partial charge in [0.1, 0.15) is 5.82 Å². The summed E-state index contributed by atoms with van der Waals surface area (Å²) < 4.78 is 14.2. The van der Waals surface area contributed by atoms with Gasteiger partial charge in [0.25, 0.3) is 0 Å². The molecule has 3 rings (SSSR count). The van der Waals surface area contributed by atoms with Crippen molar-refractivity contribution in [1.82, 2.24) is 10.3 Å². The van der Waals surface area contributed by atoms with Crippen LogP contribution in [0.15, 0.2) is 23.7 Å². The van der Waals surface area contributed by atoms with Crippen molar-refractivity contribution in [3.63, 3.8) is 0 Å². The van der Waals surface area contributed by atoms with Gasteiger partial charge in [-0.15, -0.1) is 11.3 Å². The van der Waals surface area contributed by atoms with Gasteiger partial charge in [-0.25, -0.2) is 9.37 Å². The Morgan fingerprint density at radius 3 is 2.81 bits per heavy atom. The maximum atomic E-state index is 14.2. The van der Waals surface area contributed by atoms with Gasteiger partial charge >= 0.3 is 0 Å². The smallest absolute Gasteiger partial charge is 0.129 e. The third-order valence-corrected chi connectivity index (χ3v) is 4.91. The Hall–Kier alpha value is -1.46. The van der Waals surface area contributed by atoms with E-state index in [4.69, 9.17) is 0 Å². The molecule has 2 aromatic rings. The maximum Gasteiger partial charge on any atom is 0.129 e. The maximum absolute atomic E-state index is 14.2. The number of aromatic nitrogens is 1. The van der Waals surface area contributed by atoms with E-state index in [1.165, 1.54) is 17.7 Å². The minimum Gasteiger partial charge on any atom is -0.371 e. The minimum absolute atomic E-state index is 0.118. The first-order chi connectivity index (χ1) is 10.3. The number of hydrogen-bond donors (Lipinski definition) is 1. The fourth-order valence-corrected chi connectivity index (χ4v) is 3.52. The summed E-state index contributed by atoms with van der Waals surface area (Å²) in [6, 6.07) is 5.39. The van der Waals surface area contributed by atoms with E-state index >= 15 is 0 Å². The van der Waals surface area contributed by atoms with Crippen molar-refractivity contribution in [3.05, 3.63) is 45.7 Å². The summed E-state index contributed by atoms with van der Waals surface area (Å²) in [7, 11) is 0. The van der Waals surface area contributed by atoms with Crippen LogP contribution in [0.5, 0.6) is 0 Å². The first-order valence-corrected chi connectivity index (χ1v) is 8.25. The fraction of sp³-hybridized carbons (Fsp3) is 0.438. The number of halogens is 1. The van der Waals surface area contributed by atoms with Crippen molar-refractivity contribution in [2.75, 3.05) is 18.0 Å². The number of benzene rings is 1. The lowest BCUT2D eigenvalue weighted by atomic mass is 10.1. The van der Waals surface area contributed by atoms with E-state index in [2.05, 4.69) is 15.2 Å². The Morgan fingerprint density at radius 2 is 2.10 bits per heavy atom. The van der Waals surface area contributed by atoms with Crippen LogP contribution < -0.4 is 10.2 Å². The molecule has 1 fully saturated rings.